The van der Waals surface area contributed by atoms with Gasteiger partial charge >= 0.3 is 11.9 Å². The van der Waals surface area contributed by atoms with Crippen molar-refractivity contribution >= 4 is 11.9 Å². The summed E-state index contributed by atoms with van der Waals surface area (Å²) in [6.07, 6.45) is -0.730. The van der Waals surface area contributed by atoms with Gasteiger partial charge in [-0.05, 0) is 6.90 Å². The van der Waals surface area contributed by atoms with Crippen molar-refractivity contribution in [2.45, 2.75) is 18.9 Å². The van der Waals surface area contributed by atoms with Gasteiger partial charge in [0.2, 0.25) is 0 Å². The lowest BCUT2D eigenvalue weighted by Gasteiger charge is -2.15. The van der Waals surface area contributed by atoms with Gasteiger partial charge in [-0.15, -0.1) is 0 Å². The average Bonchev–Trinajstić information content (AvgIpc) is 1.86. The van der Waals surface area contributed by atoms with Crippen LogP contribution in [0.4, 0.5) is 0 Å². The zero-order valence-corrected chi connectivity index (χ0v) is 5.20. The molecule has 0 aromatic rings. The van der Waals surface area contributed by atoms with Crippen molar-refractivity contribution < 1.29 is 21.2 Å². The van der Waals surface area contributed by atoms with Gasteiger partial charge in [-0.25, -0.2) is 0 Å². The van der Waals surface area contributed by atoms with E-state index < -0.39 is 30.8 Å². The summed E-state index contributed by atoms with van der Waals surface area (Å²) >= 11 is 0. The highest BCUT2D eigenvalue weighted by Gasteiger charge is 2.30. The molecule has 1 atom stereocenters. The fraction of sp³-hybridized carbons (Fsp3) is 0.600. The Morgan fingerprint density at radius 1 is 1.70 bits per heavy atom. The van der Waals surface area contributed by atoms with Gasteiger partial charge in [0.15, 0.2) is 0 Å². The summed E-state index contributed by atoms with van der Waals surface area (Å²) < 4.78 is 6.71. The summed E-state index contributed by atoms with van der Waals surface area (Å²) in [6.45, 7) is -0.644. The standard InChI is InChI=1S/C5H9NO4/c1-5(6,4(9)10)2-3(7)8/h2,6H2,1H3,(H,7,8)(H,9,10)/t5-/m0/s1/i1D. The Labute approximate surface area is 58.9 Å². The van der Waals surface area contributed by atoms with Crippen molar-refractivity contribution in [3.05, 3.63) is 0 Å². The van der Waals surface area contributed by atoms with Crippen LogP contribution in [0.15, 0.2) is 0 Å². The summed E-state index contributed by atoms with van der Waals surface area (Å²) in [6, 6.07) is 0. The number of aliphatic carboxylic acids is 2. The van der Waals surface area contributed by atoms with Gasteiger partial charge in [-0.2, -0.15) is 0 Å². The molecule has 0 aliphatic heterocycles. The van der Waals surface area contributed by atoms with Crippen LogP contribution in [0.25, 0.3) is 0 Å². The highest BCUT2D eigenvalue weighted by atomic mass is 16.4. The van der Waals surface area contributed by atoms with Gasteiger partial charge in [-0.3, -0.25) is 9.59 Å². The molecule has 0 aliphatic carbocycles. The van der Waals surface area contributed by atoms with E-state index in [1.165, 1.54) is 0 Å². The molecule has 5 nitrogen and oxygen atoms in total. The molecule has 0 radical (unpaired) electrons. The zero-order valence-electron chi connectivity index (χ0n) is 6.20. The van der Waals surface area contributed by atoms with Crippen molar-refractivity contribution in [3.8, 4) is 0 Å². The minimum atomic E-state index is -1.95. The third-order valence-corrected chi connectivity index (χ3v) is 0.893. The normalized spacial score (nSPS) is 17.1. The molecule has 0 aromatic carbocycles. The molecule has 0 amide bonds. The predicted molar refractivity (Wildman–Crippen MR) is 32.5 cm³/mol. The minimum Gasteiger partial charge on any atom is -0.481 e. The summed E-state index contributed by atoms with van der Waals surface area (Å²) in [5, 5.41) is 16.6. The van der Waals surface area contributed by atoms with Crippen molar-refractivity contribution in [1.82, 2.24) is 0 Å². The molecule has 0 saturated carbocycles. The Kier molecular flexibility index (Phi) is 1.86. The van der Waals surface area contributed by atoms with Gasteiger partial charge in [0, 0.05) is 1.37 Å². The number of carbonyl (C=O) groups is 2. The maximum Gasteiger partial charge on any atom is 0.323 e. The molecule has 0 rings (SSSR count). The highest BCUT2D eigenvalue weighted by molar-refractivity contribution is 5.84. The topological polar surface area (TPSA) is 101 Å². The van der Waals surface area contributed by atoms with Crippen LogP contribution in [0.5, 0.6) is 0 Å². The molecular formula is C5H9NO4. The van der Waals surface area contributed by atoms with E-state index in [4.69, 9.17) is 17.3 Å². The first-order valence-corrected chi connectivity index (χ1v) is 2.45. The van der Waals surface area contributed by atoms with E-state index in [9.17, 15) is 9.59 Å². The van der Waals surface area contributed by atoms with Crippen LogP contribution < -0.4 is 5.73 Å². The third-order valence-electron chi connectivity index (χ3n) is 0.893. The van der Waals surface area contributed by atoms with E-state index in [0.717, 1.165) is 0 Å². The lowest BCUT2D eigenvalue weighted by Crippen LogP contribution is -2.46. The molecule has 0 aromatic heterocycles. The second-order valence-corrected chi connectivity index (χ2v) is 2.03. The third kappa shape index (κ3) is 2.45. The van der Waals surface area contributed by atoms with E-state index in [1.807, 2.05) is 0 Å². The highest BCUT2D eigenvalue weighted by Crippen LogP contribution is 2.04. The predicted octanol–water partition coefficient (Wildman–Crippen LogP) is -0.737. The van der Waals surface area contributed by atoms with Gasteiger partial charge in [0.25, 0.3) is 0 Å². The SMILES string of the molecule is [2H]C[C@](N)(CC(=O)O)C(=O)O. The Bertz CT molecular complexity index is 183. The number of hydrogen-bond donors (Lipinski definition) is 3. The van der Waals surface area contributed by atoms with Crippen LogP contribution >= 0.6 is 0 Å². The van der Waals surface area contributed by atoms with Gasteiger partial charge in [0.05, 0.1) is 6.42 Å². The number of carboxylic acids is 2. The summed E-state index contributed by atoms with van der Waals surface area (Å²) in [5.74, 6) is -2.78. The second-order valence-electron chi connectivity index (χ2n) is 2.03. The molecule has 0 saturated heterocycles. The van der Waals surface area contributed by atoms with Crippen molar-refractivity contribution in [3.63, 3.8) is 0 Å². The molecule has 0 heterocycles. The molecule has 10 heavy (non-hydrogen) atoms. The van der Waals surface area contributed by atoms with Crippen LogP contribution in [-0.4, -0.2) is 27.7 Å². The Hall–Kier alpha value is -1.10. The molecule has 0 spiro atoms. The van der Waals surface area contributed by atoms with Crippen molar-refractivity contribution in [2.75, 3.05) is 0 Å². The van der Waals surface area contributed by atoms with Crippen LogP contribution in [-0.2, 0) is 9.59 Å². The van der Waals surface area contributed by atoms with Crippen LogP contribution in [0, 0.1) is 0 Å². The zero-order chi connectivity index (χ0) is 9.07. The maximum atomic E-state index is 10.3. The quantitative estimate of drug-likeness (QED) is 0.489. The average molecular weight is 148 g/mol. The second kappa shape index (κ2) is 2.66. The monoisotopic (exact) mass is 148 g/mol. The first-order valence-electron chi connectivity index (χ1n) is 3.16. The molecule has 4 N–H and O–H groups in total. The van der Waals surface area contributed by atoms with Crippen LogP contribution in [0.3, 0.4) is 0 Å². The summed E-state index contributed by atoms with van der Waals surface area (Å²) in [7, 11) is 0. The van der Waals surface area contributed by atoms with E-state index in [-0.39, 0.29) is 0 Å². The number of rotatable bonds is 3. The van der Waals surface area contributed by atoms with Gasteiger partial charge in [0.1, 0.15) is 5.54 Å². The van der Waals surface area contributed by atoms with Gasteiger partial charge < -0.3 is 15.9 Å². The lowest BCUT2D eigenvalue weighted by atomic mass is 10.0. The van der Waals surface area contributed by atoms with E-state index in [2.05, 4.69) is 0 Å². The number of nitrogens with two attached hydrogens (primary N) is 1. The molecule has 58 valence electrons. The fourth-order valence-electron chi connectivity index (χ4n) is 0.345. The molecule has 0 fully saturated rings. The van der Waals surface area contributed by atoms with Crippen molar-refractivity contribution in [2.24, 2.45) is 5.73 Å². The molecule has 0 unspecified atom stereocenters. The lowest BCUT2D eigenvalue weighted by molar-refractivity contribution is -0.149. The van der Waals surface area contributed by atoms with Gasteiger partial charge in [-0.1, -0.05) is 0 Å². The fourth-order valence-corrected chi connectivity index (χ4v) is 0.345. The van der Waals surface area contributed by atoms with E-state index in [0.29, 0.717) is 0 Å². The first kappa shape index (κ1) is 7.01. The molecule has 5 heteroatoms. The Balaban J connectivity index is 4.34. The minimum absolute atomic E-state index is 0.644. The van der Waals surface area contributed by atoms with Crippen LogP contribution in [0.2, 0.25) is 0 Å². The van der Waals surface area contributed by atoms with E-state index >= 15 is 0 Å². The largest absolute Gasteiger partial charge is 0.481 e. The maximum absolute atomic E-state index is 10.3. The number of carboxylic acid groups (broad SMARTS) is 2. The van der Waals surface area contributed by atoms with E-state index in [1.54, 1.807) is 0 Å². The molecule has 0 aliphatic rings. The first-order chi connectivity index (χ1) is 4.92. The summed E-state index contributed by atoms with van der Waals surface area (Å²) in [4.78, 5) is 20.3. The molecule has 0 bridgehead atoms. The molecular weight excluding hydrogens is 138 g/mol. The van der Waals surface area contributed by atoms with Crippen LogP contribution in [0.1, 0.15) is 14.7 Å². The smallest absolute Gasteiger partial charge is 0.323 e. The Morgan fingerprint density at radius 2 is 2.20 bits per heavy atom. The van der Waals surface area contributed by atoms with Crippen molar-refractivity contribution in [1.29, 1.82) is 0 Å². The summed E-state index contributed by atoms with van der Waals surface area (Å²) in [5.41, 5.74) is 3.12. The number of hydrogen-bond acceptors (Lipinski definition) is 3. The Morgan fingerprint density at radius 3 is 2.30 bits per heavy atom.